The molecule has 0 fully saturated rings. The molecule has 2 amide bonds. The summed E-state index contributed by atoms with van der Waals surface area (Å²) < 4.78 is 29.4. The Kier molecular flexibility index (Phi) is 5.21. The van der Waals surface area contributed by atoms with Gasteiger partial charge in [-0.2, -0.15) is 0 Å². The van der Waals surface area contributed by atoms with Gasteiger partial charge < -0.3 is 14.8 Å². The Morgan fingerprint density at radius 3 is 2.38 bits per heavy atom. The molecule has 0 radical (unpaired) electrons. The van der Waals surface area contributed by atoms with Crippen LogP contribution in [0.15, 0.2) is 66.9 Å². The number of anilines is 1. The summed E-state index contributed by atoms with van der Waals surface area (Å²) in [5, 5.41) is 4.11. The Morgan fingerprint density at radius 2 is 1.62 bits per heavy atom. The molecule has 1 N–H and O–H groups in total. The third-order valence-electron chi connectivity index (χ3n) is 6.72. The van der Waals surface area contributed by atoms with Crippen LogP contribution in [0.25, 0.3) is 5.00 Å². The number of aromatic nitrogens is 1. The molecule has 0 unspecified atom stereocenters. The summed E-state index contributed by atoms with van der Waals surface area (Å²) in [5.74, 6) is -0.674. The average molecular weight is 476 g/mol. The van der Waals surface area contributed by atoms with Gasteiger partial charge in [0.1, 0.15) is 16.6 Å². The van der Waals surface area contributed by atoms with Crippen molar-refractivity contribution in [3.05, 3.63) is 106 Å². The van der Waals surface area contributed by atoms with Gasteiger partial charge in [0.2, 0.25) is 0 Å². The second kappa shape index (κ2) is 8.40. The van der Waals surface area contributed by atoms with E-state index in [2.05, 4.69) is 9.88 Å². The van der Waals surface area contributed by atoms with E-state index < -0.39 is 6.04 Å². The number of nitrogens with zero attached hydrogens (tertiary/aromatic N) is 2. The highest BCUT2D eigenvalue weighted by molar-refractivity contribution is 7.15. The van der Waals surface area contributed by atoms with Crippen LogP contribution in [0.4, 0.5) is 19.3 Å². The monoisotopic (exact) mass is 475 g/mol. The molecule has 1 aliphatic heterocycles. The van der Waals surface area contributed by atoms with Gasteiger partial charge >= 0.3 is 6.03 Å². The van der Waals surface area contributed by atoms with Gasteiger partial charge in [0.15, 0.2) is 0 Å². The van der Waals surface area contributed by atoms with Gasteiger partial charge in [0.25, 0.3) is 0 Å². The van der Waals surface area contributed by atoms with E-state index in [1.807, 2.05) is 34.6 Å². The van der Waals surface area contributed by atoms with Crippen molar-refractivity contribution in [1.29, 1.82) is 0 Å². The zero-order chi connectivity index (χ0) is 23.2. The first-order valence-corrected chi connectivity index (χ1v) is 12.3. The molecule has 7 heteroatoms. The third-order valence-corrected chi connectivity index (χ3v) is 8.05. The predicted molar refractivity (Wildman–Crippen MR) is 129 cm³/mol. The number of benzene rings is 2. The quantitative estimate of drug-likeness (QED) is 0.339. The van der Waals surface area contributed by atoms with E-state index in [9.17, 15) is 13.6 Å². The zero-order valence-electron chi connectivity index (χ0n) is 18.4. The lowest BCUT2D eigenvalue weighted by molar-refractivity contribution is 0.194. The number of aryl methyl sites for hydroxylation is 1. The lowest BCUT2D eigenvalue weighted by atomic mass is 9.95. The number of amides is 2. The Hall–Kier alpha value is -3.45. The van der Waals surface area contributed by atoms with Crippen molar-refractivity contribution in [1.82, 2.24) is 9.47 Å². The van der Waals surface area contributed by atoms with E-state index in [4.69, 9.17) is 0 Å². The molecular weight excluding hydrogens is 452 g/mol. The maximum atomic E-state index is 13.8. The molecule has 4 nitrogen and oxygen atoms in total. The van der Waals surface area contributed by atoms with Crippen LogP contribution in [0.1, 0.15) is 46.1 Å². The lowest BCUT2D eigenvalue weighted by Gasteiger charge is -2.31. The van der Waals surface area contributed by atoms with Crippen LogP contribution in [0, 0.1) is 11.6 Å². The highest BCUT2D eigenvalue weighted by Gasteiger charge is 2.36. The summed E-state index contributed by atoms with van der Waals surface area (Å²) in [7, 11) is 0. The Labute approximate surface area is 200 Å². The third kappa shape index (κ3) is 3.60. The number of carbonyl (C=O) groups is 1. The molecule has 172 valence electrons. The van der Waals surface area contributed by atoms with Crippen LogP contribution in [0.5, 0.6) is 0 Å². The van der Waals surface area contributed by atoms with Gasteiger partial charge in [-0.3, -0.25) is 0 Å². The summed E-state index contributed by atoms with van der Waals surface area (Å²) in [6.45, 7) is 0.442. The molecule has 1 aliphatic carbocycles. The Morgan fingerprint density at radius 1 is 0.912 bits per heavy atom. The molecular formula is C27H23F2N3OS. The van der Waals surface area contributed by atoms with Crippen molar-refractivity contribution in [2.24, 2.45) is 0 Å². The SMILES string of the molecule is O=C(Nc1ccc(F)cc1)N1Cc2c(sc3c2CCCC3)-n2cccc2[C@H]1c1ccc(F)cc1. The van der Waals surface area contributed by atoms with E-state index in [0.29, 0.717) is 12.2 Å². The Bertz CT molecular complexity index is 1360. The highest BCUT2D eigenvalue weighted by Crippen LogP contribution is 2.44. The first-order valence-electron chi connectivity index (χ1n) is 11.5. The number of halogens is 2. The molecule has 0 spiro atoms. The van der Waals surface area contributed by atoms with Gasteiger partial charge in [-0.1, -0.05) is 12.1 Å². The molecule has 2 aromatic heterocycles. The lowest BCUT2D eigenvalue weighted by Crippen LogP contribution is -2.38. The van der Waals surface area contributed by atoms with Crippen LogP contribution >= 0.6 is 11.3 Å². The zero-order valence-corrected chi connectivity index (χ0v) is 19.2. The normalized spacial score (nSPS) is 16.9. The molecule has 0 saturated carbocycles. The molecule has 2 aromatic carbocycles. The molecule has 4 aromatic rings. The van der Waals surface area contributed by atoms with Crippen LogP contribution in [0.2, 0.25) is 0 Å². The molecule has 6 rings (SSSR count). The predicted octanol–water partition coefficient (Wildman–Crippen LogP) is 6.83. The molecule has 2 aliphatic rings. The minimum absolute atomic E-state index is 0.280. The van der Waals surface area contributed by atoms with Crippen molar-refractivity contribution >= 4 is 23.1 Å². The van der Waals surface area contributed by atoms with Crippen LogP contribution in [-0.4, -0.2) is 15.5 Å². The van der Waals surface area contributed by atoms with E-state index >= 15 is 0 Å². The number of hydrogen-bond acceptors (Lipinski definition) is 2. The number of hydrogen-bond donors (Lipinski definition) is 1. The molecule has 1 atom stereocenters. The Balaban J connectivity index is 1.49. The van der Waals surface area contributed by atoms with E-state index in [-0.39, 0.29) is 17.7 Å². The number of nitrogens with one attached hydrogen (secondary N) is 1. The molecule has 0 saturated heterocycles. The largest absolute Gasteiger partial charge is 0.322 e. The number of carbonyl (C=O) groups excluding carboxylic acids is 1. The smallest absolute Gasteiger partial charge is 0.310 e. The van der Waals surface area contributed by atoms with Gasteiger partial charge in [-0.15, -0.1) is 11.3 Å². The maximum absolute atomic E-state index is 13.8. The van der Waals surface area contributed by atoms with Crippen molar-refractivity contribution in [2.45, 2.75) is 38.3 Å². The number of rotatable bonds is 2. The summed E-state index contributed by atoms with van der Waals surface area (Å²) in [6.07, 6.45) is 6.49. The van der Waals surface area contributed by atoms with E-state index in [1.54, 1.807) is 24.3 Å². The average Bonchev–Trinajstić information content (AvgIpc) is 3.43. The standard InChI is InChI=1S/C27H23F2N3OS/c28-18-9-7-17(8-10-18)25-23-5-3-15-31(23)26-22(21-4-1-2-6-24(21)34-26)16-32(25)27(33)30-20-13-11-19(29)12-14-20/h3,5,7-15,25H,1-2,4,6,16H2,(H,30,33)/t25-/m1/s1. The first kappa shape index (κ1) is 21.1. The van der Waals surface area contributed by atoms with Gasteiger partial charge in [0, 0.05) is 22.3 Å². The summed E-state index contributed by atoms with van der Waals surface area (Å²) in [4.78, 5) is 17.0. The summed E-state index contributed by atoms with van der Waals surface area (Å²) >= 11 is 1.82. The second-order valence-corrected chi connectivity index (χ2v) is 9.90. The molecule has 3 heterocycles. The van der Waals surface area contributed by atoms with Gasteiger partial charge in [-0.25, -0.2) is 13.6 Å². The first-order chi connectivity index (χ1) is 16.6. The molecule has 34 heavy (non-hydrogen) atoms. The van der Waals surface area contributed by atoms with Crippen molar-refractivity contribution in [3.8, 4) is 5.00 Å². The highest BCUT2D eigenvalue weighted by atomic mass is 32.1. The molecule has 0 bridgehead atoms. The van der Waals surface area contributed by atoms with E-state index in [0.717, 1.165) is 35.5 Å². The van der Waals surface area contributed by atoms with E-state index in [1.165, 1.54) is 46.7 Å². The topological polar surface area (TPSA) is 37.3 Å². The van der Waals surface area contributed by atoms with Gasteiger partial charge in [0.05, 0.1) is 18.3 Å². The summed E-state index contributed by atoms with van der Waals surface area (Å²) in [5.41, 5.74) is 4.87. The van der Waals surface area contributed by atoms with Gasteiger partial charge in [-0.05, 0) is 85.3 Å². The van der Waals surface area contributed by atoms with Crippen LogP contribution in [0.3, 0.4) is 0 Å². The minimum atomic E-state index is -0.408. The minimum Gasteiger partial charge on any atom is -0.310 e. The number of urea groups is 1. The van der Waals surface area contributed by atoms with Crippen molar-refractivity contribution < 1.29 is 13.6 Å². The van der Waals surface area contributed by atoms with Crippen molar-refractivity contribution in [2.75, 3.05) is 5.32 Å². The second-order valence-electron chi connectivity index (χ2n) is 8.82. The fourth-order valence-corrected chi connectivity index (χ4v) is 6.51. The number of fused-ring (bicyclic) bond motifs is 5. The van der Waals surface area contributed by atoms with Crippen LogP contribution < -0.4 is 5.32 Å². The fraction of sp³-hybridized carbons (Fsp3) is 0.222. The fourth-order valence-electron chi connectivity index (χ4n) is 5.11. The number of thiophene rings is 1. The summed E-state index contributed by atoms with van der Waals surface area (Å²) in [6, 6.07) is 15.4. The van der Waals surface area contributed by atoms with Crippen molar-refractivity contribution in [3.63, 3.8) is 0 Å². The van der Waals surface area contributed by atoms with Crippen LogP contribution in [-0.2, 0) is 19.4 Å². The maximum Gasteiger partial charge on any atom is 0.322 e.